The average molecular weight is 324 g/mol. The lowest BCUT2D eigenvalue weighted by Crippen LogP contribution is -1.98. The van der Waals surface area contributed by atoms with Gasteiger partial charge in [-0.15, -0.1) is 0 Å². The summed E-state index contributed by atoms with van der Waals surface area (Å²) in [5.41, 5.74) is 1.07. The van der Waals surface area contributed by atoms with Crippen LogP contribution in [0.1, 0.15) is 24.8 Å². The molecule has 0 saturated heterocycles. The normalized spacial score (nSPS) is 11.0. The summed E-state index contributed by atoms with van der Waals surface area (Å²) in [6.07, 6.45) is 4.22. The summed E-state index contributed by atoms with van der Waals surface area (Å²) in [5.74, 6) is 1.31. The van der Waals surface area contributed by atoms with Gasteiger partial charge >= 0.3 is 5.97 Å². The number of ether oxygens (including phenoxy) is 4. The van der Waals surface area contributed by atoms with E-state index >= 15 is 0 Å². The second-order valence-corrected chi connectivity index (χ2v) is 4.89. The van der Waals surface area contributed by atoms with Gasteiger partial charge in [0.1, 0.15) is 5.76 Å². The van der Waals surface area contributed by atoms with Gasteiger partial charge in [0.05, 0.1) is 34.5 Å². The molecule has 6 heteroatoms. The van der Waals surface area contributed by atoms with E-state index in [2.05, 4.69) is 0 Å². The predicted molar refractivity (Wildman–Crippen MR) is 86.4 cm³/mol. The van der Waals surface area contributed by atoms with Crippen LogP contribution in [0.15, 0.2) is 24.0 Å². The Bertz CT molecular complexity index is 525. The number of hydrogen-bond acceptors (Lipinski definition) is 5. The largest absolute Gasteiger partial charge is 0.501 e. The number of benzene rings is 1. The molecule has 128 valence electrons. The number of carboxylic acid groups (broad SMARTS) is 1. The smallest absolute Gasteiger partial charge is 0.331 e. The van der Waals surface area contributed by atoms with Crippen molar-refractivity contribution in [2.24, 2.45) is 0 Å². The maximum absolute atomic E-state index is 10.6. The standard InChI is InChI=1S/C17H24O6/c1-20-13(11-16(18)19)8-6-5-7-12-9-14(21-2)17(23-4)15(10-12)22-3/h9-11H,5-8H2,1-4H3,(H,18,19). The molecule has 0 bridgehead atoms. The third kappa shape index (κ3) is 5.73. The van der Waals surface area contributed by atoms with Gasteiger partial charge in [0.2, 0.25) is 5.75 Å². The molecule has 6 nitrogen and oxygen atoms in total. The molecule has 0 aliphatic heterocycles. The number of allylic oxidation sites excluding steroid dienone is 1. The SMILES string of the molecule is COC(=CC(=O)O)CCCCc1cc(OC)c(OC)c(OC)c1. The highest BCUT2D eigenvalue weighted by Gasteiger charge is 2.13. The molecule has 1 aromatic carbocycles. The number of carboxylic acids is 1. The Morgan fingerprint density at radius 2 is 1.65 bits per heavy atom. The van der Waals surface area contributed by atoms with Gasteiger partial charge in [-0.1, -0.05) is 0 Å². The third-order valence-electron chi connectivity index (χ3n) is 3.41. The zero-order chi connectivity index (χ0) is 17.2. The van der Waals surface area contributed by atoms with Crippen LogP contribution in [0, 0.1) is 0 Å². The Balaban J connectivity index is 2.66. The van der Waals surface area contributed by atoms with Crippen LogP contribution in [0.2, 0.25) is 0 Å². The van der Waals surface area contributed by atoms with Crippen LogP contribution in [0.4, 0.5) is 0 Å². The fraction of sp³-hybridized carbons (Fsp3) is 0.471. The zero-order valence-corrected chi connectivity index (χ0v) is 14.0. The fourth-order valence-electron chi connectivity index (χ4n) is 2.28. The van der Waals surface area contributed by atoms with Crippen molar-refractivity contribution in [2.45, 2.75) is 25.7 Å². The minimum absolute atomic E-state index is 0.474. The summed E-state index contributed by atoms with van der Waals surface area (Å²) in [4.78, 5) is 10.6. The molecule has 0 heterocycles. The first kappa shape index (κ1) is 18.7. The van der Waals surface area contributed by atoms with E-state index in [4.69, 9.17) is 24.1 Å². The van der Waals surface area contributed by atoms with Crippen LogP contribution in [0.5, 0.6) is 17.2 Å². The fourth-order valence-corrected chi connectivity index (χ4v) is 2.28. The topological polar surface area (TPSA) is 74.2 Å². The zero-order valence-electron chi connectivity index (χ0n) is 14.0. The molecule has 0 aromatic heterocycles. The van der Waals surface area contributed by atoms with E-state index in [0.717, 1.165) is 30.9 Å². The van der Waals surface area contributed by atoms with Crippen LogP contribution in [0.25, 0.3) is 0 Å². The molecule has 23 heavy (non-hydrogen) atoms. The highest BCUT2D eigenvalue weighted by atomic mass is 16.5. The number of aliphatic carboxylic acids is 1. The Morgan fingerprint density at radius 1 is 1.04 bits per heavy atom. The summed E-state index contributed by atoms with van der Waals surface area (Å²) in [5, 5.41) is 8.72. The maximum Gasteiger partial charge on any atom is 0.331 e. The van der Waals surface area contributed by atoms with Crippen molar-refractivity contribution in [3.05, 3.63) is 29.5 Å². The minimum Gasteiger partial charge on any atom is -0.501 e. The molecule has 0 atom stereocenters. The van der Waals surface area contributed by atoms with Crippen LogP contribution in [-0.2, 0) is 16.0 Å². The molecule has 1 aromatic rings. The highest BCUT2D eigenvalue weighted by molar-refractivity contribution is 5.80. The monoisotopic (exact) mass is 324 g/mol. The number of carbonyl (C=O) groups is 1. The van der Waals surface area contributed by atoms with Crippen molar-refractivity contribution < 1.29 is 28.8 Å². The molecule has 0 spiro atoms. The van der Waals surface area contributed by atoms with Crippen molar-refractivity contribution >= 4 is 5.97 Å². The van der Waals surface area contributed by atoms with E-state index in [1.807, 2.05) is 12.1 Å². The van der Waals surface area contributed by atoms with Crippen molar-refractivity contribution in [2.75, 3.05) is 28.4 Å². The van der Waals surface area contributed by atoms with E-state index in [0.29, 0.717) is 29.4 Å². The van der Waals surface area contributed by atoms with Gasteiger partial charge in [0.15, 0.2) is 11.5 Å². The Labute approximate surface area is 136 Å². The van der Waals surface area contributed by atoms with Crippen molar-refractivity contribution in [3.63, 3.8) is 0 Å². The second kappa shape index (κ2) is 9.61. The summed E-state index contributed by atoms with van der Waals surface area (Å²) >= 11 is 0. The molecule has 1 rings (SSSR count). The van der Waals surface area contributed by atoms with E-state index in [1.165, 1.54) is 7.11 Å². The van der Waals surface area contributed by atoms with Gasteiger partial charge in [-0.05, 0) is 37.0 Å². The van der Waals surface area contributed by atoms with Gasteiger partial charge in [-0.3, -0.25) is 0 Å². The second-order valence-electron chi connectivity index (χ2n) is 4.89. The summed E-state index contributed by atoms with van der Waals surface area (Å²) in [7, 11) is 6.22. The Morgan fingerprint density at radius 3 is 2.09 bits per heavy atom. The van der Waals surface area contributed by atoms with Gasteiger partial charge in [-0.25, -0.2) is 4.79 Å². The maximum atomic E-state index is 10.6. The van der Waals surface area contributed by atoms with Gasteiger partial charge in [0.25, 0.3) is 0 Å². The van der Waals surface area contributed by atoms with Crippen LogP contribution >= 0.6 is 0 Å². The lowest BCUT2D eigenvalue weighted by Gasteiger charge is -2.14. The van der Waals surface area contributed by atoms with Gasteiger partial charge in [-0.2, -0.15) is 0 Å². The first-order chi connectivity index (χ1) is 11.0. The average Bonchev–Trinajstić information content (AvgIpc) is 2.55. The number of hydrogen-bond donors (Lipinski definition) is 1. The van der Waals surface area contributed by atoms with E-state index in [9.17, 15) is 4.79 Å². The highest BCUT2D eigenvalue weighted by Crippen LogP contribution is 2.38. The Hall–Kier alpha value is -2.37. The van der Waals surface area contributed by atoms with E-state index in [1.54, 1.807) is 21.3 Å². The molecule has 0 radical (unpaired) electrons. The predicted octanol–water partition coefficient (Wildman–Crippen LogP) is 3.04. The number of methoxy groups -OCH3 is 4. The molecular weight excluding hydrogens is 300 g/mol. The molecule has 1 N–H and O–H groups in total. The first-order valence-electron chi connectivity index (χ1n) is 7.32. The molecule has 0 saturated carbocycles. The van der Waals surface area contributed by atoms with Crippen LogP contribution < -0.4 is 14.2 Å². The summed E-state index contributed by atoms with van der Waals surface area (Å²) in [6, 6.07) is 3.84. The van der Waals surface area contributed by atoms with Crippen LogP contribution in [-0.4, -0.2) is 39.5 Å². The van der Waals surface area contributed by atoms with Gasteiger partial charge in [0, 0.05) is 6.42 Å². The quantitative estimate of drug-likeness (QED) is 0.405. The molecule has 0 unspecified atom stereocenters. The summed E-state index contributed by atoms with van der Waals surface area (Å²) < 4.78 is 21.0. The molecule has 0 amide bonds. The van der Waals surface area contributed by atoms with E-state index in [-0.39, 0.29) is 0 Å². The Kier molecular flexibility index (Phi) is 7.80. The van der Waals surface area contributed by atoms with Crippen LogP contribution in [0.3, 0.4) is 0 Å². The first-order valence-corrected chi connectivity index (χ1v) is 7.32. The van der Waals surface area contributed by atoms with Crippen molar-refractivity contribution in [1.29, 1.82) is 0 Å². The third-order valence-corrected chi connectivity index (χ3v) is 3.41. The van der Waals surface area contributed by atoms with Crippen molar-refractivity contribution in [3.8, 4) is 17.2 Å². The molecule has 0 aliphatic carbocycles. The van der Waals surface area contributed by atoms with Gasteiger partial charge < -0.3 is 24.1 Å². The van der Waals surface area contributed by atoms with E-state index < -0.39 is 5.97 Å². The number of rotatable bonds is 10. The molecule has 0 fully saturated rings. The molecule has 0 aliphatic rings. The lowest BCUT2D eigenvalue weighted by atomic mass is 10.1. The number of aryl methyl sites for hydroxylation is 1. The minimum atomic E-state index is -0.994. The number of unbranched alkanes of at least 4 members (excludes halogenated alkanes) is 1. The lowest BCUT2D eigenvalue weighted by molar-refractivity contribution is -0.131. The molecular formula is C17H24O6. The van der Waals surface area contributed by atoms with Crippen molar-refractivity contribution in [1.82, 2.24) is 0 Å². The summed E-state index contributed by atoms with van der Waals surface area (Å²) in [6.45, 7) is 0.